The molecule has 0 radical (unpaired) electrons. The number of ether oxygens (including phenoxy) is 2. The van der Waals surface area contributed by atoms with Gasteiger partial charge in [0.1, 0.15) is 11.3 Å². The van der Waals surface area contributed by atoms with Gasteiger partial charge in [-0.25, -0.2) is 18.1 Å². The molecule has 11 heteroatoms. The summed E-state index contributed by atoms with van der Waals surface area (Å²) in [4.78, 5) is 10.7. The molecule has 0 bridgehead atoms. The van der Waals surface area contributed by atoms with Crippen LogP contribution in [0, 0.1) is 0 Å². The third-order valence-corrected chi connectivity index (χ3v) is 6.21. The number of aromatic nitrogens is 2. The second-order valence-corrected chi connectivity index (χ2v) is 8.95. The Bertz CT molecular complexity index is 710. The van der Waals surface area contributed by atoms with Gasteiger partial charge < -0.3 is 14.4 Å². The number of halogens is 2. The summed E-state index contributed by atoms with van der Waals surface area (Å²) in [5.41, 5.74) is 0. The van der Waals surface area contributed by atoms with Crippen LogP contribution in [0.2, 0.25) is 5.15 Å². The first-order valence-electron chi connectivity index (χ1n) is 8.55. The third kappa shape index (κ3) is 5.56. The van der Waals surface area contributed by atoms with Gasteiger partial charge in [0.25, 0.3) is 0 Å². The van der Waals surface area contributed by atoms with Crippen LogP contribution in [0.15, 0.2) is 6.07 Å². The molecular formula is C15H22Cl2N4O4S. The van der Waals surface area contributed by atoms with Crippen LogP contribution in [0.5, 0.6) is 5.88 Å². The fourth-order valence-corrected chi connectivity index (χ4v) is 4.64. The van der Waals surface area contributed by atoms with Crippen molar-refractivity contribution in [2.45, 2.75) is 31.4 Å². The van der Waals surface area contributed by atoms with Crippen molar-refractivity contribution in [3.05, 3.63) is 11.2 Å². The van der Waals surface area contributed by atoms with E-state index in [1.807, 2.05) is 4.90 Å². The van der Waals surface area contributed by atoms with Gasteiger partial charge >= 0.3 is 0 Å². The lowest BCUT2D eigenvalue weighted by atomic mass is 9.90. The lowest BCUT2D eigenvalue weighted by Gasteiger charge is -2.35. The summed E-state index contributed by atoms with van der Waals surface area (Å²) in [6, 6.07) is 1.46. The minimum absolute atomic E-state index is 0.0446. The van der Waals surface area contributed by atoms with E-state index in [1.54, 1.807) is 6.07 Å². The second kappa shape index (κ2) is 8.88. The molecule has 0 amide bonds. The highest BCUT2D eigenvalue weighted by molar-refractivity contribution is 7.89. The summed E-state index contributed by atoms with van der Waals surface area (Å²) in [7, 11) is -3.28. The number of nitrogens with one attached hydrogen (secondary N) is 1. The van der Waals surface area contributed by atoms with Gasteiger partial charge in [-0.2, -0.15) is 4.98 Å². The molecular weight excluding hydrogens is 403 g/mol. The molecule has 8 nitrogen and oxygen atoms in total. The van der Waals surface area contributed by atoms with E-state index in [-0.39, 0.29) is 17.9 Å². The largest absolute Gasteiger partial charge is 0.474 e. The van der Waals surface area contributed by atoms with Gasteiger partial charge in [0.2, 0.25) is 21.9 Å². The van der Waals surface area contributed by atoms with Crippen LogP contribution < -0.4 is 14.4 Å². The number of anilines is 1. The van der Waals surface area contributed by atoms with Crippen molar-refractivity contribution in [2.24, 2.45) is 0 Å². The van der Waals surface area contributed by atoms with Crippen LogP contribution in [0.4, 0.5) is 5.95 Å². The van der Waals surface area contributed by atoms with Gasteiger partial charge in [0.05, 0.1) is 19.0 Å². The Labute approximate surface area is 163 Å². The molecule has 3 rings (SSSR count). The standard InChI is InChI=1S/C15H22Cl2N4O4S/c16-2-1-7-26(22,23)20-11-8-12(9-11)25-14-10-13(17)18-15(19-14)21-3-5-24-6-4-21/h10-12,20H,1-9H2. The highest BCUT2D eigenvalue weighted by Gasteiger charge is 2.34. The number of hydrogen-bond acceptors (Lipinski definition) is 7. The minimum Gasteiger partial charge on any atom is -0.474 e. The average Bonchev–Trinajstić information content (AvgIpc) is 2.58. The average molecular weight is 425 g/mol. The summed E-state index contributed by atoms with van der Waals surface area (Å²) in [6.07, 6.45) is 1.52. The smallest absolute Gasteiger partial charge is 0.230 e. The van der Waals surface area contributed by atoms with Gasteiger partial charge in [-0.1, -0.05) is 11.6 Å². The molecule has 1 aliphatic carbocycles. The van der Waals surface area contributed by atoms with Crippen LogP contribution in [-0.4, -0.2) is 68.5 Å². The second-order valence-electron chi connectivity index (χ2n) is 6.32. The minimum atomic E-state index is -3.28. The van der Waals surface area contributed by atoms with Gasteiger partial charge in [-0.05, 0) is 6.42 Å². The molecule has 1 saturated heterocycles. The van der Waals surface area contributed by atoms with E-state index in [1.165, 1.54) is 0 Å². The predicted molar refractivity (Wildman–Crippen MR) is 99.8 cm³/mol. The van der Waals surface area contributed by atoms with Crippen molar-refractivity contribution in [2.75, 3.05) is 42.8 Å². The molecule has 1 saturated carbocycles. The van der Waals surface area contributed by atoms with Crippen molar-refractivity contribution in [1.82, 2.24) is 14.7 Å². The molecule has 1 aromatic rings. The molecule has 0 atom stereocenters. The zero-order valence-corrected chi connectivity index (χ0v) is 16.6. The number of rotatable bonds is 8. The van der Waals surface area contributed by atoms with Crippen molar-refractivity contribution in [3.8, 4) is 5.88 Å². The number of hydrogen-bond donors (Lipinski definition) is 1. The molecule has 0 unspecified atom stereocenters. The maximum absolute atomic E-state index is 11.9. The first kappa shape index (κ1) is 19.9. The highest BCUT2D eigenvalue weighted by atomic mass is 35.5. The monoisotopic (exact) mass is 424 g/mol. The summed E-state index contributed by atoms with van der Waals surface area (Å²) in [5.74, 6) is 1.30. The third-order valence-electron chi connectivity index (χ3n) is 4.23. The molecule has 2 fully saturated rings. The number of sulfonamides is 1. The molecule has 26 heavy (non-hydrogen) atoms. The van der Waals surface area contributed by atoms with Gasteiger partial charge in [0, 0.05) is 43.9 Å². The Morgan fingerprint density at radius 1 is 1.31 bits per heavy atom. The fourth-order valence-electron chi connectivity index (χ4n) is 2.84. The SMILES string of the molecule is O=S(=O)(CCCCl)NC1CC(Oc2cc(Cl)nc(N3CCOCC3)n2)C1. The van der Waals surface area contributed by atoms with Crippen LogP contribution >= 0.6 is 23.2 Å². The van der Waals surface area contributed by atoms with E-state index >= 15 is 0 Å². The normalized spacial score (nSPS) is 23.5. The molecule has 146 valence electrons. The van der Waals surface area contributed by atoms with E-state index in [0.717, 1.165) is 0 Å². The van der Waals surface area contributed by atoms with E-state index in [4.69, 9.17) is 32.7 Å². The summed E-state index contributed by atoms with van der Waals surface area (Å²) >= 11 is 11.6. The van der Waals surface area contributed by atoms with Crippen LogP contribution in [0.1, 0.15) is 19.3 Å². The van der Waals surface area contributed by atoms with Gasteiger partial charge in [-0.15, -0.1) is 11.6 Å². The summed E-state index contributed by atoms with van der Waals surface area (Å²) in [5, 5.41) is 0.314. The Kier molecular flexibility index (Phi) is 6.79. The lowest BCUT2D eigenvalue weighted by molar-refractivity contribution is 0.0893. The molecule has 0 aromatic carbocycles. The maximum Gasteiger partial charge on any atom is 0.230 e. The molecule has 2 heterocycles. The molecule has 2 aliphatic rings. The first-order chi connectivity index (χ1) is 12.4. The number of morpholine rings is 1. The quantitative estimate of drug-likeness (QED) is 0.498. The highest BCUT2D eigenvalue weighted by Crippen LogP contribution is 2.28. The van der Waals surface area contributed by atoms with E-state index in [2.05, 4.69) is 14.7 Å². The fraction of sp³-hybridized carbons (Fsp3) is 0.733. The van der Waals surface area contributed by atoms with Crippen molar-refractivity contribution >= 4 is 39.2 Å². The zero-order valence-electron chi connectivity index (χ0n) is 14.2. The van der Waals surface area contributed by atoms with E-state index in [0.29, 0.717) is 68.4 Å². The maximum atomic E-state index is 11.9. The molecule has 1 aliphatic heterocycles. The zero-order chi connectivity index (χ0) is 18.6. The van der Waals surface area contributed by atoms with Gasteiger partial charge in [-0.3, -0.25) is 0 Å². The summed E-state index contributed by atoms with van der Waals surface area (Å²) < 4.78 is 37.5. The van der Waals surface area contributed by atoms with Crippen LogP contribution in [0.25, 0.3) is 0 Å². The molecule has 0 spiro atoms. The Morgan fingerprint density at radius 3 is 2.73 bits per heavy atom. The first-order valence-corrected chi connectivity index (χ1v) is 11.1. The number of alkyl halides is 1. The van der Waals surface area contributed by atoms with Gasteiger partial charge in [0.15, 0.2) is 0 Å². The Morgan fingerprint density at radius 2 is 2.04 bits per heavy atom. The van der Waals surface area contributed by atoms with Crippen molar-refractivity contribution in [3.63, 3.8) is 0 Å². The van der Waals surface area contributed by atoms with Crippen LogP contribution in [-0.2, 0) is 14.8 Å². The number of nitrogens with zero attached hydrogens (tertiary/aromatic N) is 3. The topological polar surface area (TPSA) is 93.7 Å². The van der Waals surface area contributed by atoms with Crippen LogP contribution in [0.3, 0.4) is 0 Å². The van der Waals surface area contributed by atoms with E-state index in [9.17, 15) is 8.42 Å². The Hall–Kier alpha value is -0.870. The molecule has 1 aromatic heterocycles. The Balaban J connectivity index is 1.52. The molecule has 1 N–H and O–H groups in total. The van der Waals surface area contributed by atoms with Crippen molar-refractivity contribution in [1.29, 1.82) is 0 Å². The van der Waals surface area contributed by atoms with E-state index < -0.39 is 10.0 Å². The lowest BCUT2D eigenvalue weighted by Crippen LogP contribution is -2.49. The van der Waals surface area contributed by atoms with Crippen molar-refractivity contribution < 1.29 is 17.9 Å². The predicted octanol–water partition coefficient (Wildman–Crippen LogP) is 1.42. The summed E-state index contributed by atoms with van der Waals surface area (Å²) in [6.45, 7) is 2.66.